The summed E-state index contributed by atoms with van der Waals surface area (Å²) in [5.41, 5.74) is 1.13. The molecular formula is C13H9NO2. The van der Waals surface area contributed by atoms with Crippen LogP contribution in [-0.4, -0.2) is 5.78 Å². The van der Waals surface area contributed by atoms with E-state index in [4.69, 9.17) is 9.68 Å². The summed E-state index contributed by atoms with van der Waals surface area (Å²) in [5, 5.41) is 9.05. The Bertz CT molecular complexity index is 509. The molecule has 78 valence electrons. The molecule has 0 saturated heterocycles. The van der Waals surface area contributed by atoms with Gasteiger partial charge in [-0.25, -0.2) is 0 Å². The molecule has 0 aliphatic carbocycles. The minimum atomic E-state index is -0.765. The predicted molar refractivity (Wildman–Crippen MR) is 57.8 cm³/mol. The molecule has 0 saturated carbocycles. The predicted octanol–water partition coefficient (Wildman–Crippen LogP) is 2.77. The Labute approximate surface area is 92.9 Å². The number of rotatable bonds is 3. The second-order valence-electron chi connectivity index (χ2n) is 3.35. The Hall–Kier alpha value is -2.34. The Morgan fingerprint density at radius 3 is 2.56 bits per heavy atom. The second-order valence-corrected chi connectivity index (χ2v) is 3.35. The Balaban J connectivity index is 2.32. The number of hydrogen-bond acceptors (Lipinski definition) is 3. The van der Waals surface area contributed by atoms with E-state index >= 15 is 0 Å². The van der Waals surface area contributed by atoms with Crippen molar-refractivity contribution >= 4 is 5.78 Å². The van der Waals surface area contributed by atoms with Gasteiger partial charge >= 0.3 is 0 Å². The molecule has 0 spiro atoms. The molecule has 3 heteroatoms. The fourth-order valence-electron chi connectivity index (χ4n) is 1.50. The van der Waals surface area contributed by atoms with Crippen molar-refractivity contribution < 1.29 is 9.21 Å². The smallest absolute Gasteiger partial charge is 0.187 e. The van der Waals surface area contributed by atoms with Crippen LogP contribution in [0.4, 0.5) is 0 Å². The van der Waals surface area contributed by atoms with Gasteiger partial charge in [0.2, 0.25) is 0 Å². The second kappa shape index (κ2) is 4.45. The molecule has 1 unspecified atom stereocenters. The van der Waals surface area contributed by atoms with Crippen LogP contribution in [0.5, 0.6) is 0 Å². The van der Waals surface area contributed by atoms with Crippen LogP contribution in [-0.2, 0) is 0 Å². The van der Waals surface area contributed by atoms with Gasteiger partial charge in [-0.1, -0.05) is 30.3 Å². The highest BCUT2D eigenvalue weighted by Crippen LogP contribution is 2.20. The third kappa shape index (κ3) is 1.86. The highest BCUT2D eigenvalue weighted by atomic mass is 16.3. The van der Waals surface area contributed by atoms with Gasteiger partial charge in [0.05, 0.1) is 17.9 Å². The summed E-state index contributed by atoms with van der Waals surface area (Å²) >= 11 is 0. The maximum Gasteiger partial charge on any atom is 0.187 e. The number of nitrogens with zero attached hydrogens (tertiary/aromatic N) is 1. The minimum absolute atomic E-state index is 0.234. The van der Waals surface area contributed by atoms with E-state index in [1.165, 1.54) is 12.5 Å². The Morgan fingerprint density at radius 2 is 2.00 bits per heavy atom. The van der Waals surface area contributed by atoms with E-state index in [9.17, 15) is 4.79 Å². The van der Waals surface area contributed by atoms with Crippen molar-refractivity contribution in [2.24, 2.45) is 0 Å². The Morgan fingerprint density at radius 1 is 1.25 bits per heavy atom. The summed E-state index contributed by atoms with van der Waals surface area (Å²) in [4.78, 5) is 12.0. The maximum atomic E-state index is 12.0. The van der Waals surface area contributed by atoms with Gasteiger partial charge in [-0.3, -0.25) is 4.79 Å². The zero-order chi connectivity index (χ0) is 11.4. The first kappa shape index (κ1) is 10.2. The summed E-state index contributed by atoms with van der Waals surface area (Å²) in [6.07, 6.45) is 2.78. The van der Waals surface area contributed by atoms with Gasteiger partial charge in [0.15, 0.2) is 5.78 Å². The molecule has 0 amide bonds. The Kier molecular flexibility index (Phi) is 2.84. The number of carbonyl (C=O) groups is 1. The van der Waals surface area contributed by atoms with Crippen molar-refractivity contribution in [3.8, 4) is 6.07 Å². The molecule has 1 aromatic carbocycles. The van der Waals surface area contributed by atoms with Crippen molar-refractivity contribution in [2.75, 3.05) is 0 Å². The van der Waals surface area contributed by atoms with Gasteiger partial charge in [-0.05, 0) is 11.6 Å². The number of carbonyl (C=O) groups excluding carboxylic acids is 1. The lowest BCUT2D eigenvalue weighted by Gasteiger charge is -2.06. The summed E-state index contributed by atoms with van der Waals surface area (Å²) < 4.78 is 4.84. The molecule has 2 aromatic rings. The van der Waals surface area contributed by atoms with Crippen LogP contribution < -0.4 is 0 Å². The maximum absolute atomic E-state index is 12.0. The largest absolute Gasteiger partial charge is 0.472 e. The quantitative estimate of drug-likeness (QED) is 0.733. The molecule has 2 rings (SSSR count). The number of hydrogen-bond donors (Lipinski definition) is 0. The monoisotopic (exact) mass is 211 g/mol. The van der Waals surface area contributed by atoms with Crippen LogP contribution in [0.1, 0.15) is 21.8 Å². The van der Waals surface area contributed by atoms with Crippen LogP contribution in [0.25, 0.3) is 0 Å². The lowest BCUT2D eigenvalue weighted by atomic mass is 9.93. The minimum Gasteiger partial charge on any atom is -0.472 e. The fraction of sp³-hybridized carbons (Fsp3) is 0.0769. The lowest BCUT2D eigenvalue weighted by molar-refractivity contribution is 0.0978. The summed E-state index contributed by atoms with van der Waals surface area (Å²) in [5.74, 6) is -0.999. The van der Waals surface area contributed by atoms with Gasteiger partial charge < -0.3 is 4.42 Å². The molecule has 0 radical (unpaired) electrons. The highest BCUT2D eigenvalue weighted by Gasteiger charge is 2.21. The third-order valence-corrected chi connectivity index (χ3v) is 2.33. The highest BCUT2D eigenvalue weighted by molar-refractivity contribution is 6.02. The SMILES string of the molecule is N#CC(C(=O)c1ccoc1)c1ccccc1. The molecule has 1 heterocycles. The summed E-state index contributed by atoms with van der Waals surface area (Å²) in [6, 6.07) is 12.6. The lowest BCUT2D eigenvalue weighted by Crippen LogP contribution is -2.10. The van der Waals surface area contributed by atoms with E-state index in [1.54, 1.807) is 18.2 Å². The van der Waals surface area contributed by atoms with E-state index in [-0.39, 0.29) is 5.78 Å². The summed E-state index contributed by atoms with van der Waals surface area (Å²) in [7, 11) is 0. The number of furan rings is 1. The molecule has 0 fully saturated rings. The van der Waals surface area contributed by atoms with E-state index in [0.717, 1.165) is 0 Å². The van der Waals surface area contributed by atoms with Gasteiger partial charge in [0.25, 0.3) is 0 Å². The van der Waals surface area contributed by atoms with Crippen molar-refractivity contribution in [3.05, 3.63) is 60.1 Å². The molecular weight excluding hydrogens is 202 g/mol. The van der Waals surface area contributed by atoms with E-state index in [1.807, 2.05) is 24.3 Å². The van der Waals surface area contributed by atoms with Crippen molar-refractivity contribution in [1.82, 2.24) is 0 Å². The number of ketones is 1. The van der Waals surface area contributed by atoms with Gasteiger partial charge in [0, 0.05) is 0 Å². The average molecular weight is 211 g/mol. The van der Waals surface area contributed by atoms with Gasteiger partial charge in [-0.2, -0.15) is 5.26 Å². The normalized spacial score (nSPS) is 11.7. The number of Topliss-reactive ketones (excluding diaryl/α,β-unsaturated/α-hetero) is 1. The van der Waals surface area contributed by atoms with Crippen LogP contribution >= 0.6 is 0 Å². The molecule has 3 nitrogen and oxygen atoms in total. The molecule has 0 aliphatic rings. The molecule has 1 atom stereocenters. The topological polar surface area (TPSA) is 54.0 Å². The first-order valence-electron chi connectivity index (χ1n) is 4.84. The zero-order valence-corrected chi connectivity index (χ0v) is 8.46. The zero-order valence-electron chi connectivity index (χ0n) is 8.46. The standard InChI is InChI=1S/C13H9NO2/c14-8-12(10-4-2-1-3-5-10)13(15)11-6-7-16-9-11/h1-7,9,12H. The van der Waals surface area contributed by atoms with Crippen LogP contribution in [0.15, 0.2) is 53.3 Å². The molecule has 1 aromatic heterocycles. The van der Waals surface area contributed by atoms with Gasteiger partial charge in [-0.15, -0.1) is 0 Å². The van der Waals surface area contributed by atoms with Gasteiger partial charge in [0.1, 0.15) is 12.2 Å². The third-order valence-electron chi connectivity index (χ3n) is 2.33. The molecule has 0 aliphatic heterocycles. The molecule has 0 N–H and O–H groups in total. The van der Waals surface area contributed by atoms with E-state index < -0.39 is 5.92 Å². The number of benzene rings is 1. The molecule has 0 bridgehead atoms. The van der Waals surface area contributed by atoms with Crippen molar-refractivity contribution in [2.45, 2.75) is 5.92 Å². The molecule has 16 heavy (non-hydrogen) atoms. The van der Waals surface area contributed by atoms with E-state index in [2.05, 4.69) is 0 Å². The average Bonchev–Trinajstić information content (AvgIpc) is 2.85. The summed E-state index contributed by atoms with van der Waals surface area (Å²) in [6.45, 7) is 0. The van der Waals surface area contributed by atoms with Crippen molar-refractivity contribution in [1.29, 1.82) is 5.26 Å². The fourth-order valence-corrected chi connectivity index (χ4v) is 1.50. The van der Waals surface area contributed by atoms with E-state index in [0.29, 0.717) is 11.1 Å². The van der Waals surface area contributed by atoms with Crippen LogP contribution in [0.3, 0.4) is 0 Å². The first-order valence-corrected chi connectivity index (χ1v) is 4.84. The number of nitriles is 1. The first-order chi connectivity index (χ1) is 7.83. The van der Waals surface area contributed by atoms with Crippen LogP contribution in [0, 0.1) is 11.3 Å². The van der Waals surface area contributed by atoms with Crippen LogP contribution in [0.2, 0.25) is 0 Å². The van der Waals surface area contributed by atoms with Crippen molar-refractivity contribution in [3.63, 3.8) is 0 Å².